The van der Waals surface area contributed by atoms with Crippen LogP contribution >= 0.6 is 0 Å². The number of piperidine rings is 1. The number of likely N-dealkylation sites (tertiary alicyclic amines) is 1. The van der Waals surface area contributed by atoms with Gasteiger partial charge in [-0.25, -0.2) is 9.59 Å². The monoisotopic (exact) mass is 595 g/mol. The van der Waals surface area contributed by atoms with Crippen LogP contribution in [0.5, 0.6) is 0 Å². The van der Waals surface area contributed by atoms with Crippen molar-refractivity contribution in [1.82, 2.24) is 24.6 Å². The number of rotatable bonds is 4. The summed E-state index contributed by atoms with van der Waals surface area (Å²) in [6.45, 7) is 7.81. The first-order valence-corrected chi connectivity index (χ1v) is 12.6. The molecule has 0 aliphatic carbocycles. The van der Waals surface area contributed by atoms with Crippen LogP contribution in [0.4, 0.5) is 26.3 Å². The number of alkyl halides is 6. The second kappa shape index (κ2) is 14.8. The van der Waals surface area contributed by atoms with Crippen LogP contribution in [0.3, 0.4) is 0 Å². The summed E-state index contributed by atoms with van der Waals surface area (Å²) in [5.74, 6) is -5.07. The predicted molar refractivity (Wildman–Crippen MR) is 132 cm³/mol. The maximum absolute atomic E-state index is 13.1. The molecule has 0 bridgehead atoms. The highest BCUT2D eigenvalue weighted by molar-refractivity contribution is 5.92. The average molecular weight is 596 g/mol. The topological polar surface area (TPSA) is 129 Å². The fourth-order valence-corrected chi connectivity index (χ4v) is 4.17. The number of hydrogen-bond donors (Lipinski definition) is 2. The highest BCUT2D eigenvalue weighted by atomic mass is 19.4. The van der Waals surface area contributed by atoms with Gasteiger partial charge in [0, 0.05) is 25.5 Å². The quantitative estimate of drug-likeness (QED) is 0.508. The number of pyridine rings is 1. The van der Waals surface area contributed by atoms with Gasteiger partial charge in [0.2, 0.25) is 0 Å². The molecular formula is C25H31F6N5O5. The van der Waals surface area contributed by atoms with E-state index in [-0.39, 0.29) is 5.91 Å². The zero-order valence-electron chi connectivity index (χ0n) is 22.2. The maximum atomic E-state index is 13.1. The molecule has 16 heteroatoms. The summed E-state index contributed by atoms with van der Waals surface area (Å²) in [4.78, 5) is 39.7. The van der Waals surface area contributed by atoms with Crippen molar-refractivity contribution in [2.75, 3.05) is 26.2 Å². The Morgan fingerprint density at radius 3 is 2.02 bits per heavy atom. The molecule has 1 saturated heterocycles. The zero-order valence-corrected chi connectivity index (χ0v) is 22.2. The van der Waals surface area contributed by atoms with Gasteiger partial charge in [0.1, 0.15) is 5.69 Å². The van der Waals surface area contributed by atoms with E-state index in [1.165, 1.54) is 32.4 Å². The lowest BCUT2D eigenvalue weighted by molar-refractivity contribution is -0.193. The van der Waals surface area contributed by atoms with Gasteiger partial charge in [-0.2, -0.15) is 31.4 Å². The van der Waals surface area contributed by atoms with E-state index < -0.39 is 24.3 Å². The molecule has 41 heavy (non-hydrogen) atoms. The zero-order chi connectivity index (χ0) is 30.8. The standard InChI is InChI=1S/C21H29N5O.2C2HF3O2/c1-17-5-6-20(22-13-17)21(27)25-14-18(8-12-24-10-3-2-4-11-24)15-26-19(16-25)7-9-23-26;2*3-2(4,5)1(6)7/h5-7,9,13,18H,2-4,8,10-12,14-16H2,1H3;2*(H,6,7). The molecule has 4 heterocycles. The first-order valence-electron chi connectivity index (χ1n) is 12.6. The van der Waals surface area contributed by atoms with Crippen LogP contribution < -0.4 is 0 Å². The number of carboxylic acids is 2. The Morgan fingerprint density at radius 2 is 1.51 bits per heavy atom. The minimum absolute atomic E-state index is 0.0209. The number of hydrogen-bond acceptors (Lipinski definition) is 6. The number of aromatic nitrogens is 3. The van der Waals surface area contributed by atoms with Gasteiger partial charge in [-0.3, -0.25) is 14.5 Å². The van der Waals surface area contributed by atoms with Crippen molar-refractivity contribution in [1.29, 1.82) is 0 Å². The van der Waals surface area contributed by atoms with Crippen molar-refractivity contribution in [2.45, 2.75) is 58.0 Å². The molecule has 1 atom stereocenters. The number of carbonyl (C=O) groups is 3. The molecule has 2 aromatic rings. The first-order chi connectivity index (χ1) is 19.1. The van der Waals surface area contributed by atoms with Gasteiger partial charge in [-0.1, -0.05) is 12.5 Å². The second-order valence-corrected chi connectivity index (χ2v) is 9.57. The molecule has 10 nitrogen and oxygen atoms in total. The Morgan fingerprint density at radius 1 is 0.927 bits per heavy atom. The first kappa shape index (κ1) is 33.5. The number of aryl methyl sites for hydroxylation is 1. The molecule has 0 saturated carbocycles. The molecule has 228 valence electrons. The van der Waals surface area contributed by atoms with E-state index in [0.29, 0.717) is 18.2 Å². The lowest BCUT2D eigenvalue weighted by Gasteiger charge is -2.29. The number of carbonyl (C=O) groups excluding carboxylic acids is 1. The van der Waals surface area contributed by atoms with Gasteiger partial charge >= 0.3 is 24.3 Å². The van der Waals surface area contributed by atoms with Crippen molar-refractivity contribution < 1.29 is 50.9 Å². The average Bonchev–Trinajstić information content (AvgIpc) is 3.25. The van der Waals surface area contributed by atoms with Crippen LogP contribution in [0, 0.1) is 12.8 Å². The summed E-state index contributed by atoms with van der Waals surface area (Å²) in [7, 11) is 0. The summed E-state index contributed by atoms with van der Waals surface area (Å²) in [6, 6.07) is 5.81. The van der Waals surface area contributed by atoms with Crippen LogP contribution in [-0.2, 0) is 22.7 Å². The van der Waals surface area contributed by atoms with Crippen LogP contribution in [0.25, 0.3) is 0 Å². The second-order valence-electron chi connectivity index (χ2n) is 9.57. The molecule has 0 aromatic carbocycles. The summed E-state index contributed by atoms with van der Waals surface area (Å²) in [6.07, 6.45) is -1.46. The van der Waals surface area contributed by atoms with Crippen molar-refractivity contribution in [3.05, 3.63) is 47.5 Å². The molecule has 2 aliphatic rings. The number of aliphatic carboxylic acids is 2. The molecule has 0 radical (unpaired) electrons. The normalized spacial score (nSPS) is 17.6. The van der Waals surface area contributed by atoms with E-state index in [1.807, 2.05) is 36.2 Å². The van der Waals surface area contributed by atoms with Crippen molar-refractivity contribution >= 4 is 17.8 Å². The number of carboxylic acid groups (broad SMARTS) is 2. The van der Waals surface area contributed by atoms with E-state index in [2.05, 4.69) is 19.7 Å². The van der Waals surface area contributed by atoms with Gasteiger partial charge < -0.3 is 20.0 Å². The van der Waals surface area contributed by atoms with Gasteiger partial charge in [-0.15, -0.1) is 0 Å². The minimum atomic E-state index is -5.08. The van der Waals surface area contributed by atoms with E-state index in [1.54, 1.807) is 6.20 Å². The van der Waals surface area contributed by atoms with E-state index in [0.717, 1.165) is 37.3 Å². The molecule has 1 amide bonds. The van der Waals surface area contributed by atoms with E-state index >= 15 is 0 Å². The van der Waals surface area contributed by atoms with Gasteiger partial charge in [0.15, 0.2) is 0 Å². The number of amides is 1. The fraction of sp³-hybridized carbons (Fsp3) is 0.560. The summed E-state index contributed by atoms with van der Waals surface area (Å²) >= 11 is 0. The Bertz CT molecular complexity index is 1120. The molecule has 2 aromatic heterocycles. The maximum Gasteiger partial charge on any atom is 0.490 e. The molecule has 1 unspecified atom stereocenters. The molecule has 0 spiro atoms. The van der Waals surface area contributed by atoms with Gasteiger partial charge in [0.25, 0.3) is 5.91 Å². The molecule has 2 N–H and O–H groups in total. The SMILES string of the molecule is Cc1ccc(C(=O)N2Cc3ccnn3CC(CCN3CCCCC3)C2)nc1.O=C(O)C(F)(F)F.O=C(O)C(F)(F)F. The largest absolute Gasteiger partial charge is 0.490 e. The van der Waals surface area contributed by atoms with Gasteiger partial charge in [-0.05, 0) is 69.4 Å². The minimum Gasteiger partial charge on any atom is -0.475 e. The Balaban J connectivity index is 0.000000349. The Labute approximate surface area is 231 Å². The fourth-order valence-electron chi connectivity index (χ4n) is 4.17. The van der Waals surface area contributed by atoms with E-state index in [4.69, 9.17) is 19.8 Å². The third-order valence-electron chi connectivity index (χ3n) is 6.27. The Hall–Kier alpha value is -3.69. The van der Waals surface area contributed by atoms with E-state index in [9.17, 15) is 31.1 Å². The van der Waals surface area contributed by atoms with Crippen LogP contribution in [0.15, 0.2) is 30.6 Å². The number of halogens is 6. The summed E-state index contributed by atoms with van der Waals surface area (Å²) in [5, 5.41) is 18.7. The summed E-state index contributed by atoms with van der Waals surface area (Å²) in [5.41, 5.74) is 2.71. The molecule has 2 aliphatic heterocycles. The highest BCUT2D eigenvalue weighted by Gasteiger charge is 2.39. The molecule has 1 fully saturated rings. The number of fused-ring (bicyclic) bond motifs is 1. The van der Waals surface area contributed by atoms with Crippen molar-refractivity contribution in [3.8, 4) is 0 Å². The Kier molecular flexibility index (Phi) is 12.1. The highest BCUT2D eigenvalue weighted by Crippen LogP contribution is 2.21. The lowest BCUT2D eigenvalue weighted by atomic mass is 10.0. The van der Waals surface area contributed by atoms with Crippen molar-refractivity contribution in [2.24, 2.45) is 5.92 Å². The van der Waals surface area contributed by atoms with Crippen LogP contribution in [0.2, 0.25) is 0 Å². The van der Waals surface area contributed by atoms with Crippen LogP contribution in [-0.4, -0.2) is 91.2 Å². The smallest absolute Gasteiger partial charge is 0.475 e. The summed E-state index contributed by atoms with van der Waals surface area (Å²) < 4.78 is 65.6. The van der Waals surface area contributed by atoms with Gasteiger partial charge in [0.05, 0.1) is 12.2 Å². The van der Waals surface area contributed by atoms with Crippen molar-refractivity contribution in [3.63, 3.8) is 0 Å². The number of nitrogens with zero attached hydrogens (tertiary/aromatic N) is 5. The molecular weight excluding hydrogens is 564 g/mol. The molecule has 4 rings (SSSR count). The van der Waals surface area contributed by atoms with Crippen LogP contribution in [0.1, 0.15) is 47.4 Å². The third-order valence-corrected chi connectivity index (χ3v) is 6.27. The lowest BCUT2D eigenvalue weighted by Crippen LogP contribution is -2.37. The third kappa shape index (κ3) is 11.4. The predicted octanol–water partition coefficient (Wildman–Crippen LogP) is 4.00.